The van der Waals surface area contributed by atoms with Gasteiger partial charge in [-0.05, 0) is 18.4 Å². The second-order valence-corrected chi connectivity index (χ2v) is 5.15. The zero-order valence-corrected chi connectivity index (χ0v) is 10.4. The molecule has 2 N–H and O–H groups in total. The van der Waals surface area contributed by atoms with Crippen molar-refractivity contribution in [2.24, 2.45) is 5.73 Å². The van der Waals surface area contributed by atoms with Crippen LogP contribution >= 0.6 is 0 Å². The third-order valence-corrected chi connectivity index (χ3v) is 4.00. The van der Waals surface area contributed by atoms with E-state index in [2.05, 4.69) is 0 Å². The molecule has 1 aliphatic rings. The summed E-state index contributed by atoms with van der Waals surface area (Å²) in [6.07, 6.45) is 0.0924. The second kappa shape index (κ2) is 4.85. The molecule has 0 unspecified atom stereocenters. The highest BCUT2D eigenvalue weighted by atomic mass is 19.3. The Hall–Kier alpha value is -1.56. The minimum Gasteiger partial charge on any atom is -0.330 e. The quantitative estimate of drug-likeness (QED) is 0.678. The van der Waals surface area contributed by atoms with Crippen molar-refractivity contribution in [3.63, 3.8) is 0 Å². The van der Waals surface area contributed by atoms with Gasteiger partial charge in [0.25, 0.3) is 5.69 Å². The predicted octanol–water partition coefficient (Wildman–Crippen LogP) is 3.00. The van der Waals surface area contributed by atoms with E-state index in [0.717, 1.165) is 0 Å². The number of nitro groups is 1. The highest BCUT2D eigenvalue weighted by Gasteiger charge is 2.43. The van der Waals surface area contributed by atoms with Gasteiger partial charge in [-0.15, -0.1) is 0 Å². The first-order chi connectivity index (χ1) is 8.88. The van der Waals surface area contributed by atoms with Crippen LogP contribution in [0.2, 0.25) is 0 Å². The van der Waals surface area contributed by atoms with Crippen molar-refractivity contribution < 1.29 is 13.7 Å². The molecule has 0 heterocycles. The van der Waals surface area contributed by atoms with Crippen molar-refractivity contribution in [3.05, 3.63) is 39.9 Å². The normalized spacial score (nSPS) is 21.0. The first-order valence-corrected chi connectivity index (χ1v) is 6.21. The van der Waals surface area contributed by atoms with Gasteiger partial charge in [-0.1, -0.05) is 12.1 Å². The van der Waals surface area contributed by atoms with Gasteiger partial charge in [0.2, 0.25) is 5.92 Å². The Morgan fingerprint density at radius 3 is 2.42 bits per heavy atom. The van der Waals surface area contributed by atoms with E-state index in [1.165, 1.54) is 12.1 Å². The van der Waals surface area contributed by atoms with Gasteiger partial charge < -0.3 is 5.73 Å². The summed E-state index contributed by atoms with van der Waals surface area (Å²) in [7, 11) is 0. The molecule has 0 aliphatic heterocycles. The van der Waals surface area contributed by atoms with Crippen LogP contribution in [0, 0.1) is 10.1 Å². The van der Waals surface area contributed by atoms with E-state index in [0.29, 0.717) is 5.56 Å². The van der Waals surface area contributed by atoms with Crippen LogP contribution in [0.15, 0.2) is 24.3 Å². The third-order valence-electron chi connectivity index (χ3n) is 4.00. The summed E-state index contributed by atoms with van der Waals surface area (Å²) in [6, 6.07) is 6.17. The summed E-state index contributed by atoms with van der Waals surface area (Å²) in [5.41, 5.74) is 5.88. The highest BCUT2D eigenvalue weighted by Crippen LogP contribution is 2.45. The van der Waals surface area contributed by atoms with Gasteiger partial charge in [0.15, 0.2) is 0 Å². The predicted molar refractivity (Wildman–Crippen MR) is 67.2 cm³/mol. The minimum atomic E-state index is -2.64. The van der Waals surface area contributed by atoms with Crippen LogP contribution in [0.5, 0.6) is 0 Å². The number of alkyl halides is 2. The molecule has 1 aromatic rings. The number of halogens is 2. The van der Waals surface area contributed by atoms with Crippen LogP contribution in [0.1, 0.15) is 31.2 Å². The molecule has 0 saturated heterocycles. The first-order valence-electron chi connectivity index (χ1n) is 6.21. The zero-order chi connectivity index (χ0) is 14.1. The van der Waals surface area contributed by atoms with E-state index in [4.69, 9.17) is 5.73 Å². The molecule has 0 bridgehead atoms. The van der Waals surface area contributed by atoms with Crippen LogP contribution in [-0.4, -0.2) is 17.4 Å². The molecule has 19 heavy (non-hydrogen) atoms. The molecule has 0 aromatic heterocycles. The maximum absolute atomic E-state index is 13.3. The summed E-state index contributed by atoms with van der Waals surface area (Å²) in [5, 5.41) is 10.8. The van der Waals surface area contributed by atoms with E-state index < -0.39 is 16.3 Å². The van der Waals surface area contributed by atoms with Crippen LogP contribution < -0.4 is 5.73 Å². The molecule has 0 spiro atoms. The zero-order valence-electron chi connectivity index (χ0n) is 10.4. The molecule has 1 fully saturated rings. The average Bonchev–Trinajstić information content (AvgIpc) is 2.39. The maximum atomic E-state index is 13.3. The molecule has 4 nitrogen and oxygen atoms in total. The molecule has 6 heteroatoms. The summed E-state index contributed by atoms with van der Waals surface area (Å²) < 4.78 is 26.5. The van der Waals surface area contributed by atoms with Gasteiger partial charge in [0, 0.05) is 36.9 Å². The van der Waals surface area contributed by atoms with Crippen molar-refractivity contribution >= 4 is 5.69 Å². The molecular weight excluding hydrogens is 254 g/mol. The number of nitro benzene ring substituents is 1. The third kappa shape index (κ3) is 2.73. The number of nitrogens with zero attached hydrogens (tertiary/aromatic N) is 1. The van der Waals surface area contributed by atoms with Crippen LogP contribution in [0.25, 0.3) is 0 Å². The molecule has 1 aliphatic carbocycles. The van der Waals surface area contributed by atoms with Gasteiger partial charge in [0.1, 0.15) is 0 Å². The summed E-state index contributed by atoms with van der Waals surface area (Å²) in [6.45, 7) is 0.226. The second-order valence-electron chi connectivity index (χ2n) is 5.15. The summed E-state index contributed by atoms with van der Waals surface area (Å²) in [5.74, 6) is -2.64. The molecule has 2 rings (SSSR count). The maximum Gasteiger partial charge on any atom is 0.269 e. The lowest BCUT2D eigenvalue weighted by molar-refractivity contribution is -0.385. The van der Waals surface area contributed by atoms with E-state index in [-0.39, 0.29) is 37.9 Å². The van der Waals surface area contributed by atoms with Crippen molar-refractivity contribution in [2.75, 3.05) is 6.54 Å². The summed E-state index contributed by atoms with van der Waals surface area (Å²) >= 11 is 0. The van der Waals surface area contributed by atoms with Gasteiger partial charge in [0.05, 0.1) is 4.92 Å². The van der Waals surface area contributed by atoms with Gasteiger partial charge in [-0.2, -0.15) is 0 Å². The molecule has 0 amide bonds. The number of rotatable bonds is 3. The Morgan fingerprint density at radius 1 is 1.26 bits per heavy atom. The molecule has 0 radical (unpaired) electrons. The van der Waals surface area contributed by atoms with Crippen molar-refractivity contribution in [1.82, 2.24) is 0 Å². The van der Waals surface area contributed by atoms with Gasteiger partial charge in [-0.3, -0.25) is 10.1 Å². The Morgan fingerprint density at radius 2 is 1.89 bits per heavy atom. The first kappa shape index (κ1) is 13.9. The topological polar surface area (TPSA) is 69.2 Å². The number of hydrogen-bond acceptors (Lipinski definition) is 3. The monoisotopic (exact) mass is 270 g/mol. The van der Waals surface area contributed by atoms with E-state index >= 15 is 0 Å². The smallest absolute Gasteiger partial charge is 0.269 e. The molecular formula is C13H16F2N2O2. The van der Waals surface area contributed by atoms with Crippen molar-refractivity contribution in [1.29, 1.82) is 0 Å². The van der Waals surface area contributed by atoms with Crippen molar-refractivity contribution in [3.8, 4) is 0 Å². The average molecular weight is 270 g/mol. The standard InChI is InChI=1S/C13H16F2N2O2/c14-13(15)6-4-12(9-16,5-7-13)10-2-1-3-11(8-10)17(18)19/h1-3,8H,4-7,9,16H2. The number of nitrogens with two attached hydrogens (primary N) is 1. The molecule has 0 atom stereocenters. The molecule has 1 aromatic carbocycles. The lowest BCUT2D eigenvalue weighted by Crippen LogP contribution is -2.42. The SMILES string of the molecule is NCC1(c2cccc([N+](=O)[O-])c2)CCC(F)(F)CC1. The number of benzene rings is 1. The fourth-order valence-corrected chi connectivity index (χ4v) is 2.65. The van der Waals surface area contributed by atoms with E-state index in [9.17, 15) is 18.9 Å². The Kier molecular flexibility index (Phi) is 3.54. The Labute approximate surface area is 109 Å². The fourth-order valence-electron chi connectivity index (χ4n) is 2.65. The van der Waals surface area contributed by atoms with Crippen LogP contribution in [0.3, 0.4) is 0 Å². The van der Waals surface area contributed by atoms with E-state index in [1.807, 2.05) is 0 Å². The van der Waals surface area contributed by atoms with Gasteiger partial charge in [-0.25, -0.2) is 8.78 Å². The fraction of sp³-hybridized carbons (Fsp3) is 0.538. The molecule has 104 valence electrons. The van der Waals surface area contributed by atoms with Crippen LogP contribution in [0.4, 0.5) is 14.5 Å². The number of non-ortho nitro benzene ring substituents is 1. The minimum absolute atomic E-state index is 0.0253. The van der Waals surface area contributed by atoms with E-state index in [1.54, 1.807) is 12.1 Å². The number of hydrogen-bond donors (Lipinski definition) is 1. The largest absolute Gasteiger partial charge is 0.330 e. The Bertz CT molecular complexity index is 481. The lowest BCUT2D eigenvalue weighted by Gasteiger charge is -2.39. The highest BCUT2D eigenvalue weighted by molar-refractivity contribution is 5.39. The van der Waals surface area contributed by atoms with Crippen LogP contribution in [-0.2, 0) is 5.41 Å². The lowest BCUT2D eigenvalue weighted by atomic mass is 9.68. The molecule has 1 saturated carbocycles. The van der Waals surface area contributed by atoms with Gasteiger partial charge >= 0.3 is 0 Å². The summed E-state index contributed by atoms with van der Waals surface area (Å²) in [4.78, 5) is 10.3. The Balaban J connectivity index is 2.32. The van der Waals surface area contributed by atoms with Crippen molar-refractivity contribution in [2.45, 2.75) is 37.0 Å².